The molecule has 1 unspecified atom stereocenters. The molecule has 0 bridgehead atoms. The maximum Gasteiger partial charge on any atom is 0.230 e. The van der Waals surface area contributed by atoms with Gasteiger partial charge in [-0.05, 0) is 23.7 Å². The summed E-state index contributed by atoms with van der Waals surface area (Å²) in [5.41, 5.74) is 5.86. The Morgan fingerprint density at radius 2 is 2.32 bits per heavy atom. The summed E-state index contributed by atoms with van der Waals surface area (Å²) in [6.07, 6.45) is 6.06. The largest absolute Gasteiger partial charge is 0.458 e. The lowest BCUT2D eigenvalue weighted by atomic mass is 9.79. The van der Waals surface area contributed by atoms with Crippen LogP contribution in [0.3, 0.4) is 0 Å². The number of amidine groups is 1. The Morgan fingerprint density at radius 1 is 1.53 bits per heavy atom. The number of hydrogen-bond acceptors (Lipinski definition) is 4. The molecule has 0 radical (unpaired) electrons. The molecule has 19 heavy (non-hydrogen) atoms. The summed E-state index contributed by atoms with van der Waals surface area (Å²) < 4.78 is 10.8. The highest BCUT2D eigenvalue weighted by Crippen LogP contribution is 2.39. The third-order valence-electron chi connectivity index (χ3n) is 3.17. The number of halogens is 1. The summed E-state index contributed by atoms with van der Waals surface area (Å²) in [5, 5.41) is 0.682. The number of thioether (sulfide) groups is 1. The quantitative estimate of drug-likeness (QED) is 0.450. The molecule has 0 saturated heterocycles. The Hall–Kier alpha value is -0.370. The van der Waals surface area contributed by atoms with Gasteiger partial charge in [-0.2, -0.15) is 0 Å². The molecule has 0 amide bonds. The van der Waals surface area contributed by atoms with E-state index in [1.165, 1.54) is 0 Å². The van der Waals surface area contributed by atoms with Gasteiger partial charge in [0.1, 0.15) is 5.76 Å². The second-order valence-electron chi connectivity index (χ2n) is 4.76. The van der Waals surface area contributed by atoms with Crippen LogP contribution in [0.25, 0.3) is 0 Å². The minimum Gasteiger partial charge on any atom is -0.458 e. The third kappa shape index (κ3) is 4.59. The fourth-order valence-electron chi connectivity index (χ4n) is 2.08. The van der Waals surface area contributed by atoms with Gasteiger partial charge in [0.25, 0.3) is 0 Å². The second-order valence-corrected chi connectivity index (χ2v) is 6.05. The molecule has 2 N–H and O–H groups in total. The molecule has 6 heteroatoms. The van der Waals surface area contributed by atoms with E-state index >= 15 is 0 Å². The van der Waals surface area contributed by atoms with E-state index in [4.69, 9.17) is 15.2 Å². The van der Waals surface area contributed by atoms with Gasteiger partial charge < -0.3 is 15.2 Å². The number of nitrogens with two attached hydrogens (primary N) is 1. The van der Waals surface area contributed by atoms with Crippen LogP contribution in [0.5, 0.6) is 0 Å². The van der Waals surface area contributed by atoms with E-state index in [2.05, 4.69) is 24.9 Å². The lowest BCUT2D eigenvalue weighted by molar-refractivity contribution is 0.0697. The lowest BCUT2D eigenvalue weighted by Crippen LogP contribution is -2.19. The zero-order chi connectivity index (χ0) is 13.0. The number of rotatable bonds is 4. The van der Waals surface area contributed by atoms with Gasteiger partial charge in [0.05, 0.1) is 0 Å². The van der Waals surface area contributed by atoms with E-state index in [1.54, 1.807) is 11.8 Å². The number of hydrogen-bond donors (Lipinski definition) is 1. The molecule has 4 nitrogen and oxygen atoms in total. The summed E-state index contributed by atoms with van der Waals surface area (Å²) in [6, 6.07) is 0. The van der Waals surface area contributed by atoms with Crippen molar-refractivity contribution in [1.82, 2.24) is 0 Å². The Kier molecular flexibility index (Phi) is 6.52. The highest BCUT2D eigenvalue weighted by molar-refractivity contribution is 14.0. The summed E-state index contributed by atoms with van der Waals surface area (Å²) in [4.78, 5) is 4.37. The van der Waals surface area contributed by atoms with Gasteiger partial charge in [0.15, 0.2) is 10.9 Å². The summed E-state index contributed by atoms with van der Waals surface area (Å²) in [6.45, 7) is 5.39. The average molecular weight is 396 g/mol. The molecule has 0 aromatic carbocycles. The van der Waals surface area contributed by atoms with Crippen molar-refractivity contribution in [3.8, 4) is 0 Å². The average Bonchev–Trinajstić information content (AvgIpc) is 2.76. The SMILES string of the molecule is CCSC(N)=NCCC1(C)C=CC2=C(C1)OCO2.I. The van der Waals surface area contributed by atoms with Crippen LogP contribution in [0, 0.1) is 5.41 Å². The Labute approximate surface area is 135 Å². The van der Waals surface area contributed by atoms with E-state index in [9.17, 15) is 0 Å². The van der Waals surface area contributed by atoms with Crippen molar-refractivity contribution in [3.05, 3.63) is 23.7 Å². The van der Waals surface area contributed by atoms with Crippen LogP contribution in [0.15, 0.2) is 28.7 Å². The van der Waals surface area contributed by atoms with E-state index in [0.717, 1.165) is 36.7 Å². The summed E-state index contributed by atoms with van der Waals surface area (Å²) >= 11 is 1.59. The van der Waals surface area contributed by atoms with Gasteiger partial charge in [0.2, 0.25) is 6.79 Å². The first-order chi connectivity index (χ1) is 8.63. The first-order valence-corrected chi connectivity index (χ1v) is 7.22. The van der Waals surface area contributed by atoms with Crippen LogP contribution in [0.4, 0.5) is 0 Å². The van der Waals surface area contributed by atoms with Gasteiger partial charge in [-0.15, -0.1) is 24.0 Å². The van der Waals surface area contributed by atoms with E-state index in [-0.39, 0.29) is 29.4 Å². The highest BCUT2D eigenvalue weighted by atomic mass is 127. The van der Waals surface area contributed by atoms with Gasteiger partial charge in [-0.1, -0.05) is 31.7 Å². The predicted molar refractivity (Wildman–Crippen MR) is 90.6 cm³/mol. The molecule has 0 aromatic rings. The van der Waals surface area contributed by atoms with Crippen LogP contribution < -0.4 is 5.73 Å². The molecule has 2 aliphatic rings. The second kappa shape index (κ2) is 7.42. The van der Waals surface area contributed by atoms with Crippen LogP contribution in [0.2, 0.25) is 0 Å². The first kappa shape index (κ1) is 16.7. The highest BCUT2D eigenvalue weighted by Gasteiger charge is 2.31. The standard InChI is InChI=1S/C13H20N2O2S.HI/c1-3-18-12(14)15-7-6-13(2)5-4-10-11(8-13)17-9-16-10;/h4-5H,3,6-9H2,1-2H3,(H2,14,15);1H. The molecule has 1 aliphatic heterocycles. The van der Waals surface area contributed by atoms with Gasteiger partial charge in [0, 0.05) is 13.0 Å². The molecule has 1 atom stereocenters. The monoisotopic (exact) mass is 396 g/mol. The van der Waals surface area contributed by atoms with Gasteiger partial charge in [-0.25, -0.2) is 0 Å². The minimum atomic E-state index is 0. The van der Waals surface area contributed by atoms with E-state index < -0.39 is 0 Å². The zero-order valence-electron chi connectivity index (χ0n) is 11.3. The minimum absolute atomic E-state index is 0. The molecule has 1 heterocycles. The number of aliphatic imine (C=N–C) groups is 1. The Bertz CT molecular complexity index is 409. The van der Waals surface area contributed by atoms with Crippen molar-refractivity contribution >= 4 is 40.9 Å². The summed E-state index contributed by atoms with van der Waals surface area (Å²) in [7, 11) is 0. The molecule has 1 aliphatic carbocycles. The van der Waals surface area contributed by atoms with Crippen LogP contribution >= 0.6 is 35.7 Å². The van der Waals surface area contributed by atoms with Crippen molar-refractivity contribution in [2.75, 3.05) is 19.1 Å². The smallest absolute Gasteiger partial charge is 0.230 e. The maximum absolute atomic E-state index is 5.77. The number of allylic oxidation sites excluding steroid dienone is 3. The van der Waals surface area contributed by atoms with Crippen LogP contribution in [0.1, 0.15) is 26.7 Å². The van der Waals surface area contributed by atoms with E-state index in [1.807, 2.05) is 6.08 Å². The zero-order valence-corrected chi connectivity index (χ0v) is 14.5. The predicted octanol–water partition coefficient (Wildman–Crippen LogP) is 3.24. The Balaban J connectivity index is 0.00000180. The molecule has 2 rings (SSSR count). The number of ether oxygens (including phenoxy) is 2. The molecule has 108 valence electrons. The fraction of sp³-hybridized carbons (Fsp3) is 0.615. The lowest BCUT2D eigenvalue weighted by Gasteiger charge is -2.27. The topological polar surface area (TPSA) is 56.8 Å². The molecule has 0 spiro atoms. The fourth-order valence-corrected chi connectivity index (χ4v) is 2.56. The molecule has 0 saturated carbocycles. The maximum atomic E-state index is 5.77. The normalized spacial score (nSPS) is 25.5. The Morgan fingerprint density at radius 3 is 3.05 bits per heavy atom. The molecular weight excluding hydrogens is 375 g/mol. The van der Waals surface area contributed by atoms with Crippen molar-refractivity contribution in [3.63, 3.8) is 0 Å². The number of nitrogens with zero attached hydrogens (tertiary/aromatic N) is 1. The van der Waals surface area contributed by atoms with Crippen LogP contribution in [-0.4, -0.2) is 24.3 Å². The van der Waals surface area contributed by atoms with Crippen LogP contribution in [-0.2, 0) is 9.47 Å². The van der Waals surface area contributed by atoms with Crippen molar-refractivity contribution in [2.24, 2.45) is 16.1 Å². The summed E-state index contributed by atoms with van der Waals surface area (Å²) in [5.74, 6) is 2.82. The van der Waals surface area contributed by atoms with E-state index in [0.29, 0.717) is 12.0 Å². The first-order valence-electron chi connectivity index (χ1n) is 6.24. The molecule has 0 fully saturated rings. The molecule has 0 aromatic heterocycles. The van der Waals surface area contributed by atoms with Gasteiger partial charge >= 0.3 is 0 Å². The molecular formula is C13H21IN2O2S. The van der Waals surface area contributed by atoms with Crippen molar-refractivity contribution in [2.45, 2.75) is 26.7 Å². The van der Waals surface area contributed by atoms with Crippen molar-refractivity contribution < 1.29 is 9.47 Å². The van der Waals surface area contributed by atoms with Gasteiger partial charge in [-0.3, -0.25) is 4.99 Å². The third-order valence-corrected chi connectivity index (χ3v) is 3.88. The van der Waals surface area contributed by atoms with Crippen molar-refractivity contribution in [1.29, 1.82) is 0 Å².